The van der Waals surface area contributed by atoms with E-state index in [0.29, 0.717) is 19.5 Å². The lowest BCUT2D eigenvalue weighted by Gasteiger charge is -2.26. The Hall–Kier alpha value is -1.50. The highest BCUT2D eigenvalue weighted by Gasteiger charge is 2.31. The van der Waals surface area contributed by atoms with Crippen molar-refractivity contribution in [3.05, 3.63) is 37.2 Å². The zero-order valence-corrected chi connectivity index (χ0v) is 19.0. The first-order chi connectivity index (χ1) is 12.5. The van der Waals surface area contributed by atoms with E-state index in [2.05, 4.69) is 48.6 Å². The van der Waals surface area contributed by atoms with Crippen LogP contribution in [-0.4, -0.2) is 28.2 Å². The molecule has 1 aromatic carbocycles. The Balaban J connectivity index is 2.31. The lowest BCUT2D eigenvalue weighted by molar-refractivity contribution is -0.121. The molecule has 0 aliphatic carbocycles. The third-order valence-corrected chi connectivity index (χ3v) is 5.89. The van der Waals surface area contributed by atoms with Gasteiger partial charge in [-0.25, -0.2) is 0 Å². The van der Waals surface area contributed by atoms with Crippen LogP contribution in [0.15, 0.2) is 31.7 Å². The number of carbonyl (C=O) groups excluding carboxylic acids is 2. The molecule has 3 N–H and O–H groups in total. The van der Waals surface area contributed by atoms with Crippen LogP contribution in [0.1, 0.15) is 38.7 Å². The third kappa shape index (κ3) is 5.74. The lowest BCUT2D eigenvalue weighted by atomic mass is 9.87. The monoisotopic (exact) mass is 515 g/mol. The van der Waals surface area contributed by atoms with Gasteiger partial charge in [-0.05, 0) is 70.3 Å². The summed E-state index contributed by atoms with van der Waals surface area (Å²) < 4.78 is 0.933. The zero-order chi connectivity index (χ0) is 20.4. The molecule has 0 bridgehead atoms. The summed E-state index contributed by atoms with van der Waals surface area (Å²) in [5.41, 5.74) is 0.760. The molecule has 0 spiro atoms. The van der Waals surface area contributed by atoms with Gasteiger partial charge >= 0.3 is 0 Å². The molecule has 2 rings (SSSR count). The Morgan fingerprint density at radius 2 is 2.00 bits per heavy atom. The molecule has 27 heavy (non-hydrogen) atoms. The van der Waals surface area contributed by atoms with Gasteiger partial charge in [-0.2, -0.15) is 5.26 Å². The number of aromatic hydroxyl groups is 1. The first-order valence-corrected chi connectivity index (χ1v) is 10.6. The van der Waals surface area contributed by atoms with Gasteiger partial charge in [-0.1, -0.05) is 11.8 Å². The summed E-state index contributed by atoms with van der Waals surface area (Å²) in [7, 11) is 0. The predicted octanol–water partition coefficient (Wildman–Crippen LogP) is 3.90. The van der Waals surface area contributed by atoms with Crippen molar-refractivity contribution in [2.45, 2.75) is 38.6 Å². The summed E-state index contributed by atoms with van der Waals surface area (Å²) in [6, 6.07) is 5.55. The number of phenolic OH excluding ortho intramolecular Hbond substituents is 1. The quantitative estimate of drug-likeness (QED) is 0.563. The number of thioether (sulfide) groups is 1. The second-order valence-electron chi connectivity index (χ2n) is 7.08. The van der Waals surface area contributed by atoms with Gasteiger partial charge < -0.3 is 15.7 Å². The molecule has 1 atom stereocenters. The van der Waals surface area contributed by atoms with E-state index < -0.39 is 5.92 Å². The summed E-state index contributed by atoms with van der Waals surface area (Å²) >= 11 is 7.68. The van der Waals surface area contributed by atoms with E-state index in [1.54, 1.807) is 12.1 Å². The maximum atomic E-state index is 12.2. The Labute approximate surface area is 179 Å². The Kier molecular flexibility index (Phi) is 7.00. The summed E-state index contributed by atoms with van der Waals surface area (Å²) in [4.78, 5) is 24.3. The van der Waals surface area contributed by atoms with Gasteiger partial charge in [0, 0.05) is 17.9 Å². The van der Waals surface area contributed by atoms with Crippen LogP contribution >= 0.6 is 43.6 Å². The van der Waals surface area contributed by atoms with Crippen molar-refractivity contribution >= 4 is 55.4 Å². The van der Waals surface area contributed by atoms with E-state index in [1.165, 1.54) is 0 Å². The van der Waals surface area contributed by atoms with Crippen LogP contribution in [0.5, 0.6) is 5.75 Å². The van der Waals surface area contributed by atoms with Gasteiger partial charge in [0.05, 0.1) is 31.4 Å². The number of benzene rings is 1. The molecule has 1 aliphatic heterocycles. The number of phenols is 1. The van der Waals surface area contributed by atoms with Crippen molar-refractivity contribution in [2.24, 2.45) is 0 Å². The molecular formula is C18H19Br2N3O3S. The van der Waals surface area contributed by atoms with Crippen molar-refractivity contribution in [2.75, 3.05) is 5.75 Å². The molecule has 0 radical (unpaired) electrons. The molecule has 6 nitrogen and oxygen atoms in total. The molecule has 9 heteroatoms. The predicted molar refractivity (Wildman–Crippen MR) is 112 cm³/mol. The van der Waals surface area contributed by atoms with Gasteiger partial charge in [0.15, 0.2) is 0 Å². The molecule has 1 aromatic rings. The van der Waals surface area contributed by atoms with E-state index in [4.69, 9.17) is 0 Å². The smallest absolute Gasteiger partial charge is 0.230 e. The molecule has 144 valence electrons. The van der Waals surface area contributed by atoms with Crippen molar-refractivity contribution in [1.82, 2.24) is 10.6 Å². The van der Waals surface area contributed by atoms with Crippen LogP contribution in [-0.2, 0) is 9.59 Å². The first kappa shape index (κ1) is 21.8. The van der Waals surface area contributed by atoms with Crippen molar-refractivity contribution < 1.29 is 14.7 Å². The van der Waals surface area contributed by atoms with Crippen molar-refractivity contribution in [3.8, 4) is 11.8 Å². The average molecular weight is 517 g/mol. The SMILES string of the molecule is CC(C)(C)NC(=O)CSC1=C(C#N)[C@H](c2cc(Br)c(O)c(Br)c2)CC(=O)N1. The Morgan fingerprint density at radius 1 is 1.41 bits per heavy atom. The van der Waals surface area contributed by atoms with Gasteiger partial charge in [0.2, 0.25) is 11.8 Å². The van der Waals surface area contributed by atoms with Crippen LogP contribution in [0.4, 0.5) is 0 Å². The standard InChI is InChI=1S/C18H19Br2N3O3S/c1-18(2,3)23-15(25)8-27-17-11(7-21)10(6-14(24)22-17)9-4-12(19)16(26)13(20)5-9/h4-5,10,26H,6,8H2,1-3H3,(H,22,24)(H,23,25)/t10-/m0/s1. The molecule has 0 aromatic heterocycles. The first-order valence-electron chi connectivity index (χ1n) is 8.07. The molecule has 0 unspecified atom stereocenters. The minimum Gasteiger partial charge on any atom is -0.506 e. The van der Waals surface area contributed by atoms with Crippen molar-refractivity contribution in [1.29, 1.82) is 5.26 Å². The highest BCUT2D eigenvalue weighted by Crippen LogP contribution is 2.41. The largest absolute Gasteiger partial charge is 0.506 e. The third-order valence-electron chi connectivity index (χ3n) is 3.66. The maximum absolute atomic E-state index is 12.2. The van der Waals surface area contributed by atoms with Crippen LogP contribution in [0.2, 0.25) is 0 Å². The lowest BCUT2D eigenvalue weighted by Crippen LogP contribution is -2.41. The number of hydrogen-bond donors (Lipinski definition) is 3. The highest BCUT2D eigenvalue weighted by molar-refractivity contribution is 9.11. The van der Waals surface area contributed by atoms with Gasteiger partial charge in [0.1, 0.15) is 5.75 Å². The topological polar surface area (TPSA) is 102 Å². The fourth-order valence-electron chi connectivity index (χ4n) is 2.60. The average Bonchev–Trinajstić information content (AvgIpc) is 2.55. The van der Waals surface area contributed by atoms with Crippen LogP contribution in [0, 0.1) is 11.3 Å². The number of hydrogen-bond acceptors (Lipinski definition) is 5. The van der Waals surface area contributed by atoms with E-state index >= 15 is 0 Å². The number of carbonyl (C=O) groups is 2. The zero-order valence-electron chi connectivity index (χ0n) is 15.0. The fraction of sp³-hybridized carbons (Fsp3) is 0.389. The number of nitriles is 1. The summed E-state index contributed by atoms with van der Waals surface area (Å²) in [5, 5.41) is 25.5. The van der Waals surface area contributed by atoms with E-state index in [1.807, 2.05) is 20.8 Å². The molecule has 2 amide bonds. The molecule has 1 aliphatic rings. The van der Waals surface area contributed by atoms with E-state index in [-0.39, 0.29) is 35.3 Å². The number of halogens is 2. The number of allylic oxidation sites excluding steroid dienone is 1. The minimum atomic E-state index is -0.454. The van der Waals surface area contributed by atoms with Gasteiger partial charge in [-0.3, -0.25) is 9.59 Å². The van der Waals surface area contributed by atoms with Gasteiger partial charge in [-0.15, -0.1) is 0 Å². The summed E-state index contributed by atoms with van der Waals surface area (Å²) in [5.74, 6) is -0.713. The number of nitrogens with zero attached hydrogens (tertiary/aromatic N) is 1. The molecule has 0 fully saturated rings. The molecular weight excluding hydrogens is 498 g/mol. The van der Waals surface area contributed by atoms with Gasteiger partial charge in [0.25, 0.3) is 0 Å². The van der Waals surface area contributed by atoms with Crippen LogP contribution in [0.25, 0.3) is 0 Å². The minimum absolute atomic E-state index is 0.0509. The molecule has 0 saturated heterocycles. The second-order valence-corrected chi connectivity index (χ2v) is 9.77. The van der Waals surface area contributed by atoms with Crippen molar-refractivity contribution in [3.63, 3.8) is 0 Å². The Morgan fingerprint density at radius 3 is 2.52 bits per heavy atom. The summed E-state index contributed by atoms with van der Waals surface area (Å²) in [6.07, 6.45) is 0.116. The fourth-order valence-corrected chi connectivity index (χ4v) is 4.69. The highest BCUT2D eigenvalue weighted by atomic mass is 79.9. The number of amides is 2. The number of nitrogens with one attached hydrogen (secondary N) is 2. The van der Waals surface area contributed by atoms with Crippen LogP contribution in [0.3, 0.4) is 0 Å². The van der Waals surface area contributed by atoms with E-state index in [0.717, 1.165) is 17.3 Å². The molecule has 0 saturated carbocycles. The normalized spacial score (nSPS) is 17.3. The maximum Gasteiger partial charge on any atom is 0.230 e. The molecule has 1 heterocycles. The summed E-state index contributed by atoms with van der Waals surface area (Å²) in [6.45, 7) is 5.65. The van der Waals surface area contributed by atoms with Crippen LogP contribution < -0.4 is 10.6 Å². The van der Waals surface area contributed by atoms with E-state index in [9.17, 15) is 20.0 Å². The second kappa shape index (κ2) is 8.67. The number of rotatable bonds is 4. The Bertz CT molecular complexity index is 833.